The molecular weight excluding hydrogens is 705 g/mol. The van der Waals surface area contributed by atoms with Crippen LogP contribution in [-0.2, 0) is 0 Å². The van der Waals surface area contributed by atoms with E-state index >= 15 is 0 Å². The van der Waals surface area contributed by atoms with Crippen LogP contribution in [0, 0.1) is 0 Å². The topological polar surface area (TPSA) is 34.0 Å². The normalized spacial score (nSPS) is 11.4. The minimum Gasteiger partial charge on any atom is -0.311 e. The zero-order valence-corrected chi connectivity index (χ0v) is 31.6. The average molecular weight is 741 g/mol. The SMILES string of the molecule is c1ccc(-c2nc3c(-c4cccc5ccccc45)cccc3nc2-c2ccc(N(c3ccccc3)c3ccc(-n4c5ccccc5c5ccccc54)cc3)cc2)cc1. The third-order valence-electron chi connectivity index (χ3n) is 11.2. The van der Waals surface area contributed by atoms with Crippen molar-refractivity contribution in [3.8, 4) is 39.3 Å². The lowest BCUT2D eigenvalue weighted by Crippen LogP contribution is -2.10. The maximum absolute atomic E-state index is 5.45. The summed E-state index contributed by atoms with van der Waals surface area (Å²) in [6, 6.07) is 77.2. The van der Waals surface area contributed by atoms with E-state index in [0.717, 1.165) is 67.4 Å². The Labute approximate surface area is 336 Å². The lowest BCUT2D eigenvalue weighted by atomic mass is 9.96. The number of anilines is 3. The van der Waals surface area contributed by atoms with Crippen LogP contribution in [0.15, 0.2) is 218 Å². The molecule has 0 spiro atoms. The number of nitrogens with zero attached hydrogens (tertiary/aromatic N) is 4. The number of aromatic nitrogens is 3. The Bertz CT molecular complexity index is 3200. The van der Waals surface area contributed by atoms with Crippen molar-refractivity contribution < 1.29 is 0 Å². The number of fused-ring (bicyclic) bond motifs is 5. The van der Waals surface area contributed by atoms with Crippen LogP contribution in [0.5, 0.6) is 0 Å². The van der Waals surface area contributed by atoms with Crippen LogP contribution in [-0.4, -0.2) is 14.5 Å². The quantitative estimate of drug-likeness (QED) is 0.163. The lowest BCUT2D eigenvalue weighted by molar-refractivity contribution is 1.17. The van der Waals surface area contributed by atoms with Crippen molar-refractivity contribution in [2.24, 2.45) is 0 Å². The summed E-state index contributed by atoms with van der Waals surface area (Å²) in [5.74, 6) is 0. The molecule has 0 fully saturated rings. The van der Waals surface area contributed by atoms with E-state index in [9.17, 15) is 0 Å². The Morgan fingerprint density at radius 2 is 0.845 bits per heavy atom. The van der Waals surface area contributed by atoms with Crippen LogP contribution in [0.25, 0.3) is 82.9 Å². The second-order valence-electron chi connectivity index (χ2n) is 14.6. The van der Waals surface area contributed by atoms with E-state index in [1.165, 1.54) is 32.6 Å². The fraction of sp³-hybridized carbons (Fsp3) is 0. The van der Waals surface area contributed by atoms with E-state index < -0.39 is 0 Å². The molecule has 4 heteroatoms. The van der Waals surface area contributed by atoms with Crippen LogP contribution in [0.1, 0.15) is 0 Å². The number of rotatable bonds is 7. The van der Waals surface area contributed by atoms with Gasteiger partial charge in [0.25, 0.3) is 0 Å². The Kier molecular flexibility index (Phi) is 8.11. The fourth-order valence-corrected chi connectivity index (χ4v) is 8.50. The van der Waals surface area contributed by atoms with Crippen molar-refractivity contribution in [1.29, 1.82) is 0 Å². The maximum Gasteiger partial charge on any atom is 0.0973 e. The summed E-state index contributed by atoms with van der Waals surface area (Å²) in [4.78, 5) is 13.1. The molecule has 0 aliphatic rings. The van der Waals surface area contributed by atoms with E-state index in [0.29, 0.717) is 0 Å². The van der Waals surface area contributed by atoms with E-state index in [2.05, 4.69) is 222 Å². The molecular formula is C54H36N4. The first-order chi connectivity index (χ1) is 28.8. The first-order valence-corrected chi connectivity index (χ1v) is 19.7. The summed E-state index contributed by atoms with van der Waals surface area (Å²) in [6.07, 6.45) is 0. The third-order valence-corrected chi connectivity index (χ3v) is 11.2. The van der Waals surface area contributed by atoms with Gasteiger partial charge in [0.05, 0.1) is 33.5 Å². The summed E-state index contributed by atoms with van der Waals surface area (Å²) >= 11 is 0. The molecule has 0 saturated heterocycles. The highest BCUT2D eigenvalue weighted by Crippen LogP contribution is 2.40. The molecule has 0 aliphatic carbocycles. The molecule has 2 heterocycles. The predicted octanol–water partition coefficient (Wildman–Crippen LogP) is 14.4. The van der Waals surface area contributed by atoms with Gasteiger partial charge in [-0.15, -0.1) is 0 Å². The van der Waals surface area contributed by atoms with Crippen molar-refractivity contribution in [3.05, 3.63) is 218 Å². The summed E-state index contributed by atoms with van der Waals surface area (Å²) in [7, 11) is 0. The molecule has 0 N–H and O–H groups in total. The van der Waals surface area contributed by atoms with E-state index in [1.807, 2.05) is 6.07 Å². The molecule has 2 aromatic heterocycles. The summed E-state index contributed by atoms with van der Waals surface area (Å²) in [5, 5.41) is 4.91. The first-order valence-electron chi connectivity index (χ1n) is 19.7. The Balaban J connectivity index is 1.01. The van der Waals surface area contributed by atoms with Gasteiger partial charge in [0.15, 0.2) is 0 Å². The molecule has 58 heavy (non-hydrogen) atoms. The van der Waals surface area contributed by atoms with Gasteiger partial charge in [-0.1, -0.05) is 152 Å². The largest absolute Gasteiger partial charge is 0.311 e. The molecule has 0 saturated carbocycles. The minimum absolute atomic E-state index is 0.849. The van der Waals surface area contributed by atoms with Gasteiger partial charge in [-0.2, -0.15) is 0 Å². The van der Waals surface area contributed by atoms with Crippen molar-refractivity contribution in [1.82, 2.24) is 14.5 Å². The highest BCUT2D eigenvalue weighted by molar-refractivity contribution is 6.09. The predicted molar refractivity (Wildman–Crippen MR) is 242 cm³/mol. The van der Waals surface area contributed by atoms with Gasteiger partial charge in [0.2, 0.25) is 0 Å². The standard InChI is InChI=1S/C54H36N4/c1-3-16-38(17-4-1)53-52(55-49-26-14-25-48(54(49)56-53)45-24-13-18-37-15-7-8-21-44(37)45)39-29-31-41(32-30-39)57(40-19-5-2-6-20-40)42-33-35-43(36-34-42)58-50-27-11-9-22-46(50)47-23-10-12-28-51(47)58/h1-36H. The number of para-hydroxylation sites is 4. The van der Waals surface area contributed by atoms with Crippen molar-refractivity contribution in [2.45, 2.75) is 0 Å². The molecule has 0 radical (unpaired) electrons. The number of hydrogen-bond acceptors (Lipinski definition) is 3. The Morgan fingerprint density at radius 3 is 1.55 bits per heavy atom. The first kappa shape index (κ1) is 33.5. The molecule has 0 bridgehead atoms. The smallest absolute Gasteiger partial charge is 0.0973 e. The molecule has 272 valence electrons. The van der Waals surface area contributed by atoms with Gasteiger partial charge < -0.3 is 9.47 Å². The van der Waals surface area contributed by atoms with Crippen LogP contribution < -0.4 is 4.90 Å². The van der Waals surface area contributed by atoms with Crippen molar-refractivity contribution in [3.63, 3.8) is 0 Å². The van der Waals surface area contributed by atoms with Crippen molar-refractivity contribution >= 4 is 60.7 Å². The summed E-state index contributed by atoms with van der Waals surface area (Å²) in [6.45, 7) is 0. The number of benzene rings is 9. The summed E-state index contributed by atoms with van der Waals surface area (Å²) in [5.41, 5.74) is 14.4. The monoisotopic (exact) mass is 740 g/mol. The van der Waals surface area contributed by atoms with E-state index in [-0.39, 0.29) is 0 Å². The van der Waals surface area contributed by atoms with Gasteiger partial charge in [-0.3, -0.25) is 0 Å². The molecule has 4 nitrogen and oxygen atoms in total. The second-order valence-corrected chi connectivity index (χ2v) is 14.6. The zero-order valence-electron chi connectivity index (χ0n) is 31.6. The van der Waals surface area contributed by atoms with Crippen molar-refractivity contribution in [2.75, 3.05) is 4.90 Å². The molecule has 0 amide bonds. The highest BCUT2D eigenvalue weighted by Gasteiger charge is 2.19. The zero-order chi connectivity index (χ0) is 38.4. The fourth-order valence-electron chi connectivity index (χ4n) is 8.50. The Hall–Kier alpha value is -7.82. The maximum atomic E-state index is 5.45. The van der Waals surface area contributed by atoms with Crippen LogP contribution in [0.4, 0.5) is 17.1 Å². The molecule has 9 aromatic carbocycles. The molecule has 11 aromatic rings. The van der Waals surface area contributed by atoms with Gasteiger partial charge >= 0.3 is 0 Å². The van der Waals surface area contributed by atoms with Crippen LogP contribution >= 0.6 is 0 Å². The third kappa shape index (κ3) is 5.70. The van der Waals surface area contributed by atoms with Crippen LogP contribution in [0.3, 0.4) is 0 Å². The lowest BCUT2D eigenvalue weighted by Gasteiger charge is -2.26. The number of hydrogen-bond donors (Lipinski definition) is 0. The van der Waals surface area contributed by atoms with Gasteiger partial charge in [-0.25, -0.2) is 9.97 Å². The van der Waals surface area contributed by atoms with Crippen LogP contribution in [0.2, 0.25) is 0 Å². The van der Waals surface area contributed by atoms with E-state index in [4.69, 9.17) is 9.97 Å². The average Bonchev–Trinajstić information content (AvgIpc) is 3.64. The van der Waals surface area contributed by atoms with Gasteiger partial charge in [-0.05, 0) is 83.1 Å². The van der Waals surface area contributed by atoms with Gasteiger partial charge in [0, 0.05) is 50.2 Å². The summed E-state index contributed by atoms with van der Waals surface area (Å²) < 4.78 is 2.36. The minimum atomic E-state index is 0.849. The Morgan fingerprint density at radius 1 is 0.345 bits per heavy atom. The highest BCUT2D eigenvalue weighted by atomic mass is 15.1. The second kappa shape index (κ2) is 14.0. The van der Waals surface area contributed by atoms with Gasteiger partial charge in [0.1, 0.15) is 0 Å². The molecule has 11 rings (SSSR count). The van der Waals surface area contributed by atoms with E-state index in [1.54, 1.807) is 0 Å². The molecule has 0 aliphatic heterocycles. The molecule has 0 unspecified atom stereocenters. The molecule has 0 atom stereocenters.